The molecule has 18 heavy (non-hydrogen) atoms. The number of aromatic nitrogens is 2. The summed E-state index contributed by atoms with van der Waals surface area (Å²) >= 11 is 0. The molecule has 0 radical (unpaired) electrons. The van der Waals surface area contributed by atoms with Gasteiger partial charge >= 0.3 is 0 Å². The molecular weight excluding hydrogens is 228 g/mol. The van der Waals surface area contributed by atoms with Crippen molar-refractivity contribution in [2.75, 3.05) is 14.1 Å². The Morgan fingerprint density at radius 3 is 2.56 bits per heavy atom. The van der Waals surface area contributed by atoms with E-state index in [0.717, 1.165) is 11.4 Å². The number of nitrogens with zero attached hydrogens (tertiary/aromatic N) is 3. The molecule has 1 aromatic carbocycles. The van der Waals surface area contributed by atoms with E-state index < -0.39 is 0 Å². The van der Waals surface area contributed by atoms with Crippen molar-refractivity contribution in [3.8, 4) is 5.69 Å². The molecule has 0 fully saturated rings. The van der Waals surface area contributed by atoms with E-state index in [-0.39, 0.29) is 5.56 Å². The van der Waals surface area contributed by atoms with Gasteiger partial charge in [0.2, 0.25) is 0 Å². The molecule has 1 aromatic heterocycles. The van der Waals surface area contributed by atoms with Crippen molar-refractivity contribution in [1.82, 2.24) is 14.8 Å². The monoisotopic (exact) mass is 244 g/mol. The fourth-order valence-corrected chi connectivity index (χ4v) is 1.64. The summed E-state index contributed by atoms with van der Waals surface area (Å²) in [7, 11) is 3.63. The van der Waals surface area contributed by atoms with Gasteiger partial charge in [0.05, 0.1) is 17.5 Å². The molecule has 0 aliphatic rings. The first-order valence-corrected chi connectivity index (χ1v) is 5.68. The summed E-state index contributed by atoms with van der Waals surface area (Å²) < 4.78 is 1.52. The van der Waals surface area contributed by atoms with E-state index in [1.54, 1.807) is 11.2 Å². The number of aryl methyl sites for hydroxylation is 1. The summed E-state index contributed by atoms with van der Waals surface area (Å²) in [5, 5.41) is 8.80. The molecule has 1 heterocycles. The number of hydrogen-bond acceptors (Lipinski definition) is 3. The summed E-state index contributed by atoms with van der Waals surface area (Å²) in [6.45, 7) is 1.86. The molecule has 0 bridgehead atoms. The molecule has 0 aliphatic heterocycles. The second kappa shape index (κ2) is 4.91. The highest BCUT2D eigenvalue weighted by atomic mass is 16.1. The van der Waals surface area contributed by atoms with Gasteiger partial charge in [0.25, 0.3) is 5.56 Å². The summed E-state index contributed by atoms with van der Waals surface area (Å²) in [6.07, 6.45) is 1.58. The molecule has 0 saturated heterocycles. The predicted molar refractivity (Wildman–Crippen MR) is 72.4 cm³/mol. The highest BCUT2D eigenvalue weighted by molar-refractivity contribution is 5.80. The molecule has 5 heteroatoms. The lowest BCUT2D eigenvalue weighted by atomic mass is 10.3. The third-order valence-corrected chi connectivity index (χ3v) is 2.55. The summed E-state index contributed by atoms with van der Waals surface area (Å²) in [5.74, 6) is 0. The van der Waals surface area contributed by atoms with Crippen LogP contribution >= 0.6 is 0 Å². The van der Waals surface area contributed by atoms with Gasteiger partial charge in [0.15, 0.2) is 0 Å². The average Bonchev–Trinajstić information content (AvgIpc) is 2.63. The maximum Gasteiger partial charge on any atom is 0.280 e. The molecule has 0 saturated carbocycles. The van der Waals surface area contributed by atoms with E-state index in [2.05, 4.69) is 10.2 Å². The highest BCUT2D eigenvalue weighted by Gasteiger charge is 2.10. The molecular formula is C13H16N4O. The van der Waals surface area contributed by atoms with Gasteiger partial charge in [-0.2, -0.15) is 5.10 Å². The van der Waals surface area contributed by atoms with Crippen LogP contribution in [0.4, 0.5) is 0 Å². The fraction of sp³-hybridized carbons (Fsp3) is 0.231. The van der Waals surface area contributed by atoms with Crippen LogP contribution in [-0.2, 0) is 0 Å². The zero-order valence-electron chi connectivity index (χ0n) is 10.7. The Morgan fingerprint density at radius 2 is 1.94 bits per heavy atom. The van der Waals surface area contributed by atoms with Crippen LogP contribution in [0.5, 0.6) is 0 Å². The second-order valence-corrected chi connectivity index (χ2v) is 4.22. The van der Waals surface area contributed by atoms with Crippen molar-refractivity contribution in [2.45, 2.75) is 6.92 Å². The smallest absolute Gasteiger partial charge is 0.280 e. The van der Waals surface area contributed by atoms with Gasteiger partial charge < -0.3 is 5.01 Å². The number of para-hydroxylation sites is 1. The number of rotatable bonds is 3. The minimum Gasteiger partial charge on any atom is -0.303 e. The topological polar surface area (TPSA) is 53.4 Å². The van der Waals surface area contributed by atoms with Crippen molar-refractivity contribution in [3.63, 3.8) is 0 Å². The molecule has 0 aliphatic carbocycles. The lowest BCUT2D eigenvalue weighted by Crippen LogP contribution is -2.17. The van der Waals surface area contributed by atoms with E-state index >= 15 is 0 Å². The van der Waals surface area contributed by atoms with Gasteiger partial charge in [-0.25, -0.2) is 4.68 Å². The number of hydrogen-bond donors (Lipinski definition) is 1. The van der Waals surface area contributed by atoms with Gasteiger partial charge in [-0.15, -0.1) is 0 Å². The molecule has 0 unspecified atom stereocenters. The molecule has 1 N–H and O–H groups in total. The van der Waals surface area contributed by atoms with Gasteiger partial charge in [-0.3, -0.25) is 9.89 Å². The van der Waals surface area contributed by atoms with Crippen molar-refractivity contribution in [2.24, 2.45) is 5.10 Å². The molecule has 0 amide bonds. The average molecular weight is 244 g/mol. The maximum absolute atomic E-state index is 12.2. The Kier molecular flexibility index (Phi) is 3.32. The first-order chi connectivity index (χ1) is 8.59. The zero-order valence-corrected chi connectivity index (χ0v) is 10.7. The number of nitrogens with one attached hydrogen (secondary N) is 1. The van der Waals surface area contributed by atoms with Gasteiger partial charge in [0.1, 0.15) is 0 Å². The highest BCUT2D eigenvalue weighted by Crippen LogP contribution is 2.05. The van der Waals surface area contributed by atoms with Crippen LogP contribution in [-0.4, -0.2) is 35.1 Å². The van der Waals surface area contributed by atoms with Crippen molar-refractivity contribution < 1.29 is 0 Å². The summed E-state index contributed by atoms with van der Waals surface area (Å²) in [6, 6.07) is 9.46. The molecule has 2 rings (SSSR count). The second-order valence-electron chi connectivity index (χ2n) is 4.22. The van der Waals surface area contributed by atoms with Crippen LogP contribution in [0.2, 0.25) is 0 Å². The number of benzene rings is 1. The van der Waals surface area contributed by atoms with Crippen LogP contribution < -0.4 is 5.56 Å². The Hall–Kier alpha value is -2.30. The lowest BCUT2D eigenvalue weighted by Gasteiger charge is -2.00. The number of H-pyrrole nitrogens is 1. The normalized spacial score (nSPS) is 11.1. The van der Waals surface area contributed by atoms with Crippen LogP contribution in [0.3, 0.4) is 0 Å². The van der Waals surface area contributed by atoms with E-state index in [0.29, 0.717) is 5.56 Å². The Balaban J connectivity index is 2.48. The van der Waals surface area contributed by atoms with E-state index in [1.807, 2.05) is 51.4 Å². The fourth-order valence-electron chi connectivity index (χ4n) is 1.64. The maximum atomic E-state index is 12.2. The molecule has 0 spiro atoms. The molecule has 5 nitrogen and oxygen atoms in total. The molecule has 2 aromatic rings. The van der Waals surface area contributed by atoms with Crippen molar-refractivity contribution in [3.05, 3.63) is 51.9 Å². The lowest BCUT2D eigenvalue weighted by molar-refractivity contribution is 0.440. The minimum atomic E-state index is -0.0932. The Labute approximate surface area is 105 Å². The van der Waals surface area contributed by atoms with Crippen LogP contribution in [0.15, 0.2) is 40.2 Å². The van der Waals surface area contributed by atoms with E-state index in [9.17, 15) is 4.79 Å². The minimum absolute atomic E-state index is 0.0932. The van der Waals surface area contributed by atoms with Crippen LogP contribution in [0, 0.1) is 6.92 Å². The number of hydrazone groups is 1. The number of aromatic amines is 1. The van der Waals surface area contributed by atoms with Crippen molar-refractivity contribution in [1.29, 1.82) is 0 Å². The molecule has 0 atom stereocenters. The summed E-state index contributed by atoms with van der Waals surface area (Å²) in [5.41, 5.74) is 2.10. The first kappa shape index (κ1) is 12.2. The predicted octanol–water partition coefficient (Wildman–Crippen LogP) is 1.37. The first-order valence-electron chi connectivity index (χ1n) is 5.68. The van der Waals surface area contributed by atoms with E-state index in [1.165, 1.54) is 4.68 Å². The third kappa shape index (κ3) is 2.34. The standard InChI is InChI=1S/C13H16N4O/c1-10-12(9-14-16(2)3)13(18)17(15-10)11-7-5-4-6-8-11/h4-9,15H,1-3H3/b14-9+. The molecule has 94 valence electrons. The summed E-state index contributed by atoms with van der Waals surface area (Å²) in [4.78, 5) is 12.2. The van der Waals surface area contributed by atoms with Gasteiger partial charge in [-0.05, 0) is 19.1 Å². The van der Waals surface area contributed by atoms with Crippen molar-refractivity contribution >= 4 is 6.21 Å². The van der Waals surface area contributed by atoms with E-state index in [4.69, 9.17) is 0 Å². The largest absolute Gasteiger partial charge is 0.303 e. The van der Waals surface area contributed by atoms with Crippen LogP contribution in [0.25, 0.3) is 5.69 Å². The quantitative estimate of drug-likeness (QED) is 0.655. The van der Waals surface area contributed by atoms with Crippen LogP contribution in [0.1, 0.15) is 11.3 Å². The zero-order chi connectivity index (χ0) is 13.1. The van der Waals surface area contributed by atoms with Gasteiger partial charge in [-0.1, -0.05) is 18.2 Å². The third-order valence-electron chi connectivity index (χ3n) is 2.55. The SMILES string of the molecule is Cc1[nH]n(-c2ccccc2)c(=O)c1/C=N/N(C)C. The Morgan fingerprint density at radius 1 is 1.28 bits per heavy atom. The Bertz CT molecular complexity index is 608. The van der Waals surface area contributed by atoms with Gasteiger partial charge in [0, 0.05) is 19.8 Å².